The molecule has 7 heteroatoms. The van der Waals surface area contributed by atoms with Gasteiger partial charge in [-0.3, -0.25) is 0 Å². The fourth-order valence-corrected chi connectivity index (χ4v) is 3.22. The third-order valence-corrected chi connectivity index (χ3v) is 4.46. The average Bonchev–Trinajstić information content (AvgIpc) is 3.09. The van der Waals surface area contributed by atoms with Gasteiger partial charge in [-0.15, -0.1) is 0 Å². The van der Waals surface area contributed by atoms with Gasteiger partial charge in [0.05, 0.1) is 25.7 Å². The summed E-state index contributed by atoms with van der Waals surface area (Å²) in [6.07, 6.45) is 0.796. The van der Waals surface area contributed by atoms with Gasteiger partial charge in [0.25, 0.3) is 0 Å². The second-order valence-corrected chi connectivity index (χ2v) is 6.40. The minimum atomic E-state index is -0.357. The van der Waals surface area contributed by atoms with E-state index >= 15 is 0 Å². The summed E-state index contributed by atoms with van der Waals surface area (Å²) in [6.45, 7) is 0.940. The fourth-order valence-electron chi connectivity index (χ4n) is 3.22. The Kier molecular flexibility index (Phi) is 5.02. The molecule has 0 fully saturated rings. The van der Waals surface area contributed by atoms with E-state index < -0.39 is 0 Å². The Balaban J connectivity index is 1.52. The van der Waals surface area contributed by atoms with Crippen molar-refractivity contribution >= 4 is 0 Å². The van der Waals surface area contributed by atoms with Crippen LogP contribution in [0, 0.1) is 5.82 Å². The molecular formula is C20H20FN3O3. The van der Waals surface area contributed by atoms with E-state index in [0.717, 1.165) is 23.6 Å². The summed E-state index contributed by atoms with van der Waals surface area (Å²) in [5.41, 5.74) is 1.13. The van der Waals surface area contributed by atoms with E-state index in [1.807, 2.05) is 24.3 Å². The van der Waals surface area contributed by atoms with Gasteiger partial charge in [-0.2, -0.15) is 5.10 Å². The molecule has 2 aromatic carbocycles. The fraction of sp³-hybridized carbons (Fsp3) is 0.300. The third-order valence-electron chi connectivity index (χ3n) is 4.46. The molecule has 0 saturated carbocycles. The summed E-state index contributed by atoms with van der Waals surface area (Å²) in [5.74, 6) is 2.26. The molecule has 1 aromatic heterocycles. The maximum Gasteiger partial charge on any atom is 0.188 e. The number of para-hydroxylation sites is 1. The second-order valence-electron chi connectivity index (χ2n) is 6.40. The van der Waals surface area contributed by atoms with Gasteiger partial charge >= 0.3 is 0 Å². The lowest BCUT2D eigenvalue weighted by Gasteiger charge is -2.24. The van der Waals surface area contributed by atoms with Crippen molar-refractivity contribution in [1.29, 1.82) is 0 Å². The molecule has 1 N–H and O–H groups in total. The Hall–Kier alpha value is -2.93. The average molecular weight is 369 g/mol. The number of nitrogens with zero attached hydrogens (tertiary/aromatic N) is 3. The van der Waals surface area contributed by atoms with Gasteiger partial charge in [0.2, 0.25) is 0 Å². The highest BCUT2D eigenvalue weighted by atomic mass is 19.1. The van der Waals surface area contributed by atoms with Crippen LogP contribution in [0.5, 0.6) is 11.5 Å². The monoisotopic (exact) mass is 369 g/mol. The van der Waals surface area contributed by atoms with Gasteiger partial charge in [0, 0.05) is 6.07 Å². The molecule has 0 amide bonds. The zero-order valence-electron chi connectivity index (χ0n) is 14.7. The van der Waals surface area contributed by atoms with Crippen LogP contribution >= 0.6 is 0 Å². The molecule has 3 aromatic rings. The van der Waals surface area contributed by atoms with E-state index in [0.29, 0.717) is 24.7 Å². The summed E-state index contributed by atoms with van der Waals surface area (Å²) in [7, 11) is 0. The van der Waals surface area contributed by atoms with E-state index in [1.165, 1.54) is 12.1 Å². The lowest BCUT2D eigenvalue weighted by molar-refractivity contribution is 0.240. The quantitative estimate of drug-likeness (QED) is 0.724. The van der Waals surface area contributed by atoms with Crippen molar-refractivity contribution in [3.8, 4) is 11.5 Å². The van der Waals surface area contributed by atoms with Crippen molar-refractivity contribution in [3.05, 3.63) is 71.6 Å². The van der Waals surface area contributed by atoms with Crippen LogP contribution in [0.4, 0.5) is 4.39 Å². The first-order valence-corrected chi connectivity index (χ1v) is 8.86. The number of aliphatic hydroxyl groups is 1. The van der Waals surface area contributed by atoms with Gasteiger partial charge in [-0.05, 0) is 30.2 Å². The maximum atomic E-state index is 13.3. The molecule has 0 bridgehead atoms. The number of fused-ring (bicyclic) bond motifs is 1. The predicted octanol–water partition coefficient (Wildman–Crippen LogP) is 2.71. The first-order valence-electron chi connectivity index (χ1n) is 8.86. The number of aliphatic hydroxyl groups excluding tert-OH is 1. The lowest BCUT2D eigenvalue weighted by atomic mass is 9.96. The van der Waals surface area contributed by atoms with Crippen molar-refractivity contribution in [3.63, 3.8) is 0 Å². The third kappa shape index (κ3) is 3.93. The van der Waals surface area contributed by atoms with Crippen LogP contribution in [0.1, 0.15) is 23.1 Å². The highest BCUT2D eigenvalue weighted by Gasteiger charge is 2.26. The second kappa shape index (κ2) is 7.75. The number of aromatic nitrogens is 3. The molecule has 0 unspecified atom stereocenters. The Morgan fingerprint density at radius 3 is 2.96 bits per heavy atom. The number of halogens is 1. The molecule has 1 atom stereocenters. The summed E-state index contributed by atoms with van der Waals surface area (Å²) in [5, 5.41) is 13.8. The molecule has 27 heavy (non-hydrogen) atoms. The molecule has 0 aliphatic carbocycles. The van der Waals surface area contributed by atoms with Crippen LogP contribution in [-0.4, -0.2) is 33.1 Å². The van der Waals surface area contributed by atoms with Crippen LogP contribution in [0.2, 0.25) is 0 Å². The molecule has 0 radical (unpaired) electrons. The molecule has 0 saturated heterocycles. The van der Waals surface area contributed by atoms with Crippen LogP contribution in [0.15, 0.2) is 48.5 Å². The van der Waals surface area contributed by atoms with Crippen LogP contribution in [0.25, 0.3) is 0 Å². The Bertz CT molecular complexity index is 928. The van der Waals surface area contributed by atoms with Crippen molar-refractivity contribution in [2.45, 2.75) is 25.5 Å². The van der Waals surface area contributed by atoms with Crippen molar-refractivity contribution in [2.24, 2.45) is 0 Å². The van der Waals surface area contributed by atoms with E-state index in [-0.39, 0.29) is 24.9 Å². The number of hydrogen-bond donors (Lipinski definition) is 1. The molecule has 0 spiro atoms. The highest BCUT2D eigenvalue weighted by Crippen LogP contribution is 2.31. The van der Waals surface area contributed by atoms with Crippen LogP contribution < -0.4 is 9.47 Å². The zero-order chi connectivity index (χ0) is 18.6. The summed E-state index contributed by atoms with van der Waals surface area (Å²) >= 11 is 0. The topological polar surface area (TPSA) is 69.4 Å². The number of benzene rings is 2. The molecule has 140 valence electrons. The Morgan fingerprint density at radius 1 is 1.22 bits per heavy atom. The van der Waals surface area contributed by atoms with Gasteiger partial charge < -0.3 is 14.6 Å². The van der Waals surface area contributed by atoms with Gasteiger partial charge in [-0.1, -0.05) is 24.3 Å². The van der Waals surface area contributed by atoms with E-state index in [9.17, 15) is 9.50 Å². The highest BCUT2D eigenvalue weighted by molar-refractivity contribution is 5.36. The van der Waals surface area contributed by atoms with E-state index in [2.05, 4.69) is 10.1 Å². The first kappa shape index (κ1) is 17.5. The van der Waals surface area contributed by atoms with Crippen molar-refractivity contribution in [1.82, 2.24) is 14.8 Å². The molecule has 1 aliphatic heterocycles. The predicted molar refractivity (Wildman–Crippen MR) is 96.2 cm³/mol. The van der Waals surface area contributed by atoms with Gasteiger partial charge in [-0.25, -0.2) is 14.1 Å². The van der Waals surface area contributed by atoms with Crippen LogP contribution in [-0.2, 0) is 19.6 Å². The largest absolute Gasteiger partial charge is 0.493 e. The normalized spacial score (nSPS) is 15.9. The Morgan fingerprint density at radius 2 is 2.11 bits per heavy atom. The SMILES string of the molecule is OCCn1nc(COc2cccc(F)c2)nc1[C@@H]1COc2ccccc2C1. The lowest BCUT2D eigenvalue weighted by Crippen LogP contribution is -2.23. The van der Waals surface area contributed by atoms with E-state index in [1.54, 1.807) is 16.8 Å². The summed E-state index contributed by atoms with van der Waals surface area (Å²) in [6, 6.07) is 13.9. The van der Waals surface area contributed by atoms with E-state index in [4.69, 9.17) is 9.47 Å². The molecule has 6 nitrogen and oxygen atoms in total. The smallest absolute Gasteiger partial charge is 0.188 e. The molecule has 1 aliphatic rings. The number of rotatable bonds is 6. The maximum absolute atomic E-state index is 13.3. The number of ether oxygens (including phenoxy) is 2. The summed E-state index contributed by atoms with van der Waals surface area (Å²) < 4.78 is 26.4. The minimum absolute atomic E-state index is 0.0370. The van der Waals surface area contributed by atoms with Gasteiger partial charge in [0.15, 0.2) is 5.82 Å². The molecular weight excluding hydrogens is 349 g/mol. The minimum Gasteiger partial charge on any atom is -0.493 e. The van der Waals surface area contributed by atoms with Gasteiger partial charge in [0.1, 0.15) is 29.7 Å². The zero-order valence-corrected chi connectivity index (χ0v) is 14.7. The molecule has 2 heterocycles. The first-order chi connectivity index (χ1) is 13.2. The summed E-state index contributed by atoms with van der Waals surface area (Å²) in [4.78, 5) is 4.60. The number of hydrogen-bond acceptors (Lipinski definition) is 5. The van der Waals surface area contributed by atoms with Crippen LogP contribution in [0.3, 0.4) is 0 Å². The Labute approximate surface area is 156 Å². The molecule has 4 rings (SSSR count). The standard InChI is InChI=1S/C20H20FN3O3/c21-16-5-3-6-17(11-16)26-13-19-22-20(24(23-19)8-9-25)15-10-14-4-1-2-7-18(14)27-12-15/h1-7,11,15,25H,8-10,12-13H2/t15-/m0/s1. The van der Waals surface area contributed by atoms with Crippen molar-refractivity contribution in [2.75, 3.05) is 13.2 Å². The van der Waals surface area contributed by atoms with Crippen molar-refractivity contribution < 1.29 is 19.0 Å².